The number of aryl methyl sites for hydroxylation is 2. The van der Waals surface area contributed by atoms with Gasteiger partial charge >= 0.3 is 0 Å². The van der Waals surface area contributed by atoms with Gasteiger partial charge in [-0.2, -0.15) is 0 Å². The first-order valence-electron chi connectivity index (χ1n) is 6.59. The van der Waals surface area contributed by atoms with Crippen LogP contribution in [0.1, 0.15) is 27.9 Å². The summed E-state index contributed by atoms with van der Waals surface area (Å²) in [6.45, 7) is 5.84. The second-order valence-electron chi connectivity index (χ2n) is 4.83. The molecule has 1 aromatic heterocycles. The van der Waals surface area contributed by atoms with Gasteiger partial charge < -0.3 is 11.1 Å². The molecule has 0 aliphatic carbocycles. The zero-order chi connectivity index (χ0) is 13.7. The van der Waals surface area contributed by atoms with E-state index in [0.29, 0.717) is 0 Å². The summed E-state index contributed by atoms with van der Waals surface area (Å²) in [5.74, 6) is 0. The minimum atomic E-state index is 0.0535. The molecule has 0 aliphatic heterocycles. The average Bonchev–Trinajstić information content (AvgIpc) is 2.81. The van der Waals surface area contributed by atoms with Gasteiger partial charge in [-0.05, 0) is 19.4 Å². The number of nitrogens with two attached hydrogens (primary N) is 1. The Kier molecular flexibility index (Phi) is 5.07. The van der Waals surface area contributed by atoms with Crippen LogP contribution in [0.25, 0.3) is 0 Å². The van der Waals surface area contributed by atoms with Crippen LogP contribution in [-0.2, 0) is 6.42 Å². The van der Waals surface area contributed by atoms with E-state index < -0.39 is 0 Å². The Labute approximate surface area is 118 Å². The van der Waals surface area contributed by atoms with Crippen molar-refractivity contribution in [1.29, 1.82) is 0 Å². The Morgan fingerprint density at radius 3 is 2.63 bits per heavy atom. The summed E-state index contributed by atoms with van der Waals surface area (Å²) < 4.78 is 0. The summed E-state index contributed by atoms with van der Waals surface area (Å²) in [4.78, 5) is 4.44. The van der Waals surface area contributed by atoms with Gasteiger partial charge in [-0.3, -0.25) is 0 Å². The van der Waals surface area contributed by atoms with Crippen LogP contribution in [0.3, 0.4) is 0 Å². The van der Waals surface area contributed by atoms with Crippen molar-refractivity contribution in [3.63, 3.8) is 0 Å². The maximum atomic E-state index is 6.15. The lowest BCUT2D eigenvalue weighted by molar-refractivity contribution is 0.596. The Bertz CT molecular complexity index is 504. The second kappa shape index (κ2) is 6.80. The SMILES string of the molecule is Cc1ccc(C(N)CNCCc2csc(C)n2)cc1. The van der Waals surface area contributed by atoms with Crippen LogP contribution in [0.5, 0.6) is 0 Å². The number of aromatic nitrogens is 1. The molecule has 2 rings (SSSR count). The van der Waals surface area contributed by atoms with Crippen molar-refractivity contribution in [1.82, 2.24) is 10.3 Å². The summed E-state index contributed by atoms with van der Waals surface area (Å²) >= 11 is 1.70. The van der Waals surface area contributed by atoms with Gasteiger partial charge in [0, 0.05) is 30.9 Å². The number of hydrogen-bond acceptors (Lipinski definition) is 4. The van der Waals surface area contributed by atoms with E-state index in [1.165, 1.54) is 16.8 Å². The van der Waals surface area contributed by atoms with Crippen molar-refractivity contribution in [2.75, 3.05) is 13.1 Å². The minimum Gasteiger partial charge on any atom is -0.323 e. The van der Waals surface area contributed by atoms with E-state index in [-0.39, 0.29) is 6.04 Å². The van der Waals surface area contributed by atoms with Gasteiger partial charge in [0.2, 0.25) is 0 Å². The highest BCUT2D eigenvalue weighted by atomic mass is 32.1. The molecule has 0 radical (unpaired) electrons. The standard InChI is InChI=1S/C15H21N3S/c1-11-3-5-13(6-4-11)15(16)9-17-8-7-14-10-19-12(2)18-14/h3-6,10,15,17H,7-9,16H2,1-2H3. The third-order valence-electron chi connectivity index (χ3n) is 3.09. The van der Waals surface area contributed by atoms with Gasteiger partial charge in [0.1, 0.15) is 0 Å². The molecule has 1 aromatic carbocycles. The monoisotopic (exact) mass is 275 g/mol. The lowest BCUT2D eigenvalue weighted by Gasteiger charge is -2.13. The minimum absolute atomic E-state index is 0.0535. The van der Waals surface area contributed by atoms with Gasteiger partial charge in [-0.15, -0.1) is 11.3 Å². The highest BCUT2D eigenvalue weighted by Gasteiger charge is 2.05. The van der Waals surface area contributed by atoms with Gasteiger partial charge in [-0.25, -0.2) is 4.98 Å². The van der Waals surface area contributed by atoms with E-state index in [4.69, 9.17) is 5.73 Å². The first kappa shape index (κ1) is 14.2. The molecule has 2 aromatic rings. The summed E-state index contributed by atoms with van der Waals surface area (Å²) in [6.07, 6.45) is 0.963. The normalized spacial score (nSPS) is 12.6. The zero-order valence-corrected chi connectivity index (χ0v) is 12.3. The van der Waals surface area contributed by atoms with Crippen LogP contribution in [0.2, 0.25) is 0 Å². The largest absolute Gasteiger partial charge is 0.323 e. The highest BCUT2D eigenvalue weighted by molar-refractivity contribution is 7.09. The van der Waals surface area contributed by atoms with Crippen molar-refractivity contribution in [2.24, 2.45) is 5.73 Å². The molecular weight excluding hydrogens is 254 g/mol. The molecule has 0 saturated heterocycles. The van der Waals surface area contributed by atoms with Crippen LogP contribution < -0.4 is 11.1 Å². The molecule has 0 aliphatic rings. The predicted molar refractivity (Wildman–Crippen MR) is 81.5 cm³/mol. The maximum Gasteiger partial charge on any atom is 0.0897 e. The molecule has 19 heavy (non-hydrogen) atoms. The number of hydrogen-bond donors (Lipinski definition) is 2. The van der Waals surface area contributed by atoms with Gasteiger partial charge in [0.15, 0.2) is 0 Å². The summed E-state index contributed by atoms with van der Waals surface area (Å²) in [5.41, 5.74) is 9.77. The number of benzene rings is 1. The van der Waals surface area contributed by atoms with Crippen LogP contribution in [0.15, 0.2) is 29.6 Å². The molecule has 0 bridgehead atoms. The first-order valence-corrected chi connectivity index (χ1v) is 7.47. The van der Waals surface area contributed by atoms with Crippen LogP contribution in [-0.4, -0.2) is 18.1 Å². The molecule has 102 valence electrons. The van der Waals surface area contributed by atoms with E-state index in [0.717, 1.165) is 24.5 Å². The quantitative estimate of drug-likeness (QED) is 0.797. The summed E-state index contributed by atoms with van der Waals surface area (Å²) in [6, 6.07) is 8.47. The van der Waals surface area contributed by atoms with Crippen molar-refractivity contribution in [2.45, 2.75) is 26.3 Å². The molecule has 0 saturated carbocycles. The Balaban J connectivity index is 1.72. The molecule has 1 unspecified atom stereocenters. The molecule has 1 heterocycles. The van der Waals surface area contributed by atoms with E-state index in [2.05, 4.69) is 46.9 Å². The lowest BCUT2D eigenvalue weighted by atomic mass is 10.1. The topological polar surface area (TPSA) is 50.9 Å². The third kappa shape index (κ3) is 4.42. The molecule has 3 N–H and O–H groups in total. The second-order valence-corrected chi connectivity index (χ2v) is 5.89. The van der Waals surface area contributed by atoms with Crippen molar-refractivity contribution < 1.29 is 0 Å². The van der Waals surface area contributed by atoms with Crippen molar-refractivity contribution in [3.05, 3.63) is 51.5 Å². The lowest BCUT2D eigenvalue weighted by Crippen LogP contribution is -2.28. The fourth-order valence-electron chi connectivity index (χ4n) is 1.93. The van der Waals surface area contributed by atoms with E-state index >= 15 is 0 Å². The van der Waals surface area contributed by atoms with E-state index in [1.807, 2.05) is 6.92 Å². The van der Waals surface area contributed by atoms with Crippen molar-refractivity contribution in [3.8, 4) is 0 Å². The van der Waals surface area contributed by atoms with E-state index in [9.17, 15) is 0 Å². The fourth-order valence-corrected chi connectivity index (χ4v) is 2.58. The molecule has 1 atom stereocenters. The predicted octanol–water partition coefficient (Wildman–Crippen LogP) is 2.59. The zero-order valence-electron chi connectivity index (χ0n) is 11.5. The third-order valence-corrected chi connectivity index (χ3v) is 3.92. The Hall–Kier alpha value is -1.23. The molecule has 0 fully saturated rings. The molecule has 3 nitrogen and oxygen atoms in total. The smallest absolute Gasteiger partial charge is 0.0897 e. The van der Waals surface area contributed by atoms with Crippen LogP contribution in [0, 0.1) is 13.8 Å². The number of nitrogens with zero attached hydrogens (tertiary/aromatic N) is 1. The maximum absolute atomic E-state index is 6.15. The molecule has 0 spiro atoms. The first-order chi connectivity index (χ1) is 9.15. The van der Waals surface area contributed by atoms with Crippen LogP contribution in [0.4, 0.5) is 0 Å². The van der Waals surface area contributed by atoms with Gasteiger partial charge in [0.25, 0.3) is 0 Å². The number of thiazole rings is 1. The van der Waals surface area contributed by atoms with E-state index in [1.54, 1.807) is 11.3 Å². The Morgan fingerprint density at radius 2 is 2.00 bits per heavy atom. The number of nitrogens with one attached hydrogen (secondary N) is 1. The van der Waals surface area contributed by atoms with Crippen LogP contribution >= 0.6 is 11.3 Å². The summed E-state index contributed by atoms with van der Waals surface area (Å²) in [7, 11) is 0. The highest BCUT2D eigenvalue weighted by Crippen LogP contribution is 2.11. The van der Waals surface area contributed by atoms with Gasteiger partial charge in [-0.1, -0.05) is 29.8 Å². The molecule has 4 heteroatoms. The molecule has 0 amide bonds. The Morgan fingerprint density at radius 1 is 1.26 bits per heavy atom. The fraction of sp³-hybridized carbons (Fsp3) is 0.400. The van der Waals surface area contributed by atoms with Crippen molar-refractivity contribution >= 4 is 11.3 Å². The summed E-state index contributed by atoms with van der Waals surface area (Å²) in [5, 5.41) is 6.65. The number of rotatable bonds is 6. The average molecular weight is 275 g/mol. The van der Waals surface area contributed by atoms with Gasteiger partial charge in [0.05, 0.1) is 10.7 Å². The molecular formula is C15H21N3S.